The van der Waals surface area contributed by atoms with E-state index in [1.54, 1.807) is 12.3 Å². The van der Waals surface area contributed by atoms with Gasteiger partial charge in [-0.15, -0.1) is 0 Å². The molecule has 2 saturated heterocycles. The average molecular weight is 316 g/mol. The molecule has 4 rings (SSSR count). The molecule has 0 spiro atoms. The van der Waals surface area contributed by atoms with Crippen LogP contribution in [-0.2, 0) is 6.54 Å². The zero-order valence-corrected chi connectivity index (χ0v) is 13.5. The number of aromatic nitrogens is 2. The molecule has 0 radical (unpaired) electrons. The van der Waals surface area contributed by atoms with Crippen LogP contribution in [0.4, 0.5) is 10.2 Å². The van der Waals surface area contributed by atoms with Crippen LogP contribution in [0, 0.1) is 31.5 Å². The molecule has 2 atom stereocenters. The highest BCUT2D eigenvalue weighted by atomic mass is 19.1. The minimum absolute atomic E-state index is 0.222. The number of hydrogen-bond donors (Lipinski definition) is 0. The normalized spacial score (nSPS) is 24.4. The summed E-state index contributed by atoms with van der Waals surface area (Å²) in [6, 6.07) is 3.13. The van der Waals surface area contributed by atoms with Gasteiger partial charge in [-0.2, -0.15) is 0 Å². The molecule has 2 fully saturated rings. The standard InChI is InChI=1S/C17H21FN4O/c1-11-15(12(2)23-20-11)10-21-6-13-8-22(9-14(13)7-21)17-16(18)4-3-5-19-17/h3-5,13-14H,6-10H2,1-2H3. The lowest BCUT2D eigenvalue weighted by molar-refractivity contribution is 0.305. The minimum Gasteiger partial charge on any atom is -0.361 e. The van der Waals surface area contributed by atoms with Crippen molar-refractivity contribution in [2.45, 2.75) is 20.4 Å². The first-order valence-electron chi connectivity index (χ1n) is 8.11. The molecular weight excluding hydrogens is 295 g/mol. The van der Waals surface area contributed by atoms with E-state index >= 15 is 0 Å². The monoisotopic (exact) mass is 316 g/mol. The lowest BCUT2D eigenvalue weighted by Crippen LogP contribution is -2.29. The first-order valence-corrected chi connectivity index (χ1v) is 8.11. The Bertz CT molecular complexity index is 683. The molecule has 0 N–H and O–H groups in total. The minimum atomic E-state index is -0.222. The molecule has 2 unspecified atom stereocenters. The fraction of sp³-hybridized carbons (Fsp3) is 0.529. The van der Waals surface area contributed by atoms with Crippen molar-refractivity contribution in [1.82, 2.24) is 15.0 Å². The zero-order chi connectivity index (χ0) is 16.0. The Labute approximate surface area is 135 Å². The van der Waals surface area contributed by atoms with E-state index in [0.717, 1.165) is 44.2 Å². The van der Waals surface area contributed by atoms with Gasteiger partial charge in [0.1, 0.15) is 5.76 Å². The van der Waals surface area contributed by atoms with Crippen molar-refractivity contribution in [3.05, 3.63) is 41.2 Å². The predicted molar refractivity (Wildman–Crippen MR) is 84.6 cm³/mol. The van der Waals surface area contributed by atoms with Crippen molar-refractivity contribution >= 4 is 5.82 Å². The average Bonchev–Trinajstić information content (AvgIpc) is 3.16. The smallest absolute Gasteiger partial charge is 0.165 e. The van der Waals surface area contributed by atoms with Crippen molar-refractivity contribution in [2.24, 2.45) is 11.8 Å². The fourth-order valence-electron chi connectivity index (χ4n) is 3.95. The van der Waals surface area contributed by atoms with Gasteiger partial charge >= 0.3 is 0 Å². The summed E-state index contributed by atoms with van der Waals surface area (Å²) in [4.78, 5) is 8.77. The van der Waals surface area contributed by atoms with Crippen LogP contribution >= 0.6 is 0 Å². The van der Waals surface area contributed by atoms with Gasteiger partial charge in [0, 0.05) is 44.5 Å². The zero-order valence-electron chi connectivity index (χ0n) is 13.5. The predicted octanol–water partition coefficient (Wildman–Crippen LogP) is 2.39. The number of hydrogen-bond acceptors (Lipinski definition) is 5. The van der Waals surface area contributed by atoms with E-state index in [0.29, 0.717) is 17.7 Å². The molecule has 2 aromatic heterocycles. The summed E-state index contributed by atoms with van der Waals surface area (Å²) in [6.45, 7) is 8.71. The molecule has 0 aliphatic carbocycles. The molecule has 4 heterocycles. The van der Waals surface area contributed by atoms with E-state index in [-0.39, 0.29) is 5.82 Å². The highest BCUT2D eigenvalue weighted by Crippen LogP contribution is 2.35. The molecule has 2 aromatic rings. The maximum absolute atomic E-state index is 13.9. The molecule has 122 valence electrons. The van der Waals surface area contributed by atoms with Gasteiger partial charge in [0.05, 0.1) is 5.69 Å². The Morgan fingerprint density at radius 2 is 1.96 bits per heavy atom. The summed E-state index contributed by atoms with van der Waals surface area (Å²) in [5.41, 5.74) is 2.19. The van der Waals surface area contributed by atoms with Crippen molar-refractivity contribution < 1.29 is 8.91 Å². The molecule has 0 saturated carbocycles. The van der Waals surface area contributed by atoms with E-state index in [4.69, 9.17) is 4.52 Å². The summed E-state index contributed by atoms with van der Waals surface area (Å²) in [6.07, 6.45) is 1.66. The Morgan fingerprint density at radius 3 is 2.57 bits per heavy atom. The number of pyridine rings is 1. The summed E-state index contributed by atoms with van der Waals surface area (Å²) in [5.74, 6) is 2.35. The second-order valence-electron chi connectivity index (χ2n) is 6.73. The summed E-state index contributed by atoms with van der Waals surface area (Å²) < 4.78 is 19.2. The molecule has 0 aromatic carbocycles. The lowest BCUT2D eigenvalue weighted by Gasteiger charge is -2.22. The van der Waals surface area contributed by atoms with E-state index < -0.39 is 0 Å². The third kappa shape index (κ3) is 2.61. The fourth-order valence-corrected chi connectivity index (χ4v) is 3.95. The summed E-state index contributed by atoms with van der Waals surface area (Å²) >= 11 is 0. The number of aryl methyl sites for hydroxylation is 2. The highest BCUT2D eigenvalue weighted by molar-refractivity contribution is 5.41. The maximum atomic E-state index is 13.9. The van der Waals surface area contributed by atoms with Crippen LogP contribution in [0.5, 0.6) is 0 Å². The Kier molecular flexibility index (Phi) is 3.56. The molecule has 0 bridgehead atoms. The van der Waals surface area contributed by atoms with Gasteiger partial charge in [0.25, 0.3) is 0 Å². The van der Waals surface area contributed by atoms with Crippen LogP contribution in [0.1, 0.15) is 17.0 Å². The number of anilines is 1. The number of nitrogens with zero attached hydrogens (tertiary/aromatic N) is 4. The van der Waals surface area contributed by atoms with Gasteiger partial charge in [-0.3, -0.25) is 4.90 Å². The molecule has 23 heavy (non-hydrogen) atoms. The Morgan fingerprint density at radius 1 is 1.22 bits per heavy atom. The van der Waals surface area contributed by atoms with Gasteiger partial charge in [0.2, 0.25) is 0 Å². The highest BCUT2D eigenvalue weighted by Gasteiger charge is 2.41. The number of halogens is 1. The van der Waals surface area contributed by atoms with Crippen LogP contribution in [0.3, 0.4) is 0 Å². The second-order valence-corrected chi connectivity index (χ2v) is 6.73. The molecule has 2 aliphatic heterocycles. The van der Waals surface area contributed by atoms with Crippen LogP contribution < -0.4 is 4.90 Å². The first kappa shape index (κ1) is 14.6. The second kappa shape index (κ2) is 5.60. The maximum Gasteiger partial charge on any atom is 0.165 e. The van der Waals surface area contributed by atoms with Crippen molar-refractivity contribution in [1.29, 1.82) is 0 Å². The number of likely N-dealkylation sites (tertiary alicyclic amines) is 1. The molecule has 2 aliphatic rings. The van der Waals surface area contributed by atoms with E-state index in [2.05, 4.69) is 19.9 Å². The van der Waals surface area contributed by atoms with Gasteiger partial charge in [-0.05, 0) is 37.8 Å². The molecule has 5 nitrogen and oxygen atoms in total. The third-order valence-electron chi connectivity index (χ3n) is 5.16. The number of fused-ring (bicyclic) bond motifs is 1. The van der Waals surface area contributed by atoms with E-state index in [1.807, 2.05) is 13.8 Å². The van der Waals surface area contributed by atoms with Gasteiger partial charge in [-0.1, -0.05) is 5.16 Å². The Balaban J connectivity index is 1.41. The van der Waals surface area contributed by atoms with Crippen LogP contribution in [-0.4, -0.2) is 41.2 Å². The van der Waals surface area contributed by atoms with Gasteiger partial charge in [-0.25, -0.2) is 9.37 Å². The summed E-state index contributed by atoms with van der Waals surface area (Å²) in [7, 11) is 0. The van der Waals surface area contributed by atoms with Crippen molar-refractivity contribution in [3.63, 3.8) is 0 Å². The Hall–Kier alpha value is -1.95. The summed E-state index contributed by atoms with van der Waals surface area (Å²) in [5, 5.41) is 4.03. The van der Waals surface area contributed by atoms with E-state index in [1.165, 1.54) is 11.6 Å². The third-order valence-corrected chi connectivity index (χ3v) is 5.16. The number of rotatable bonds is 3. The van der Waals surface area contributed by atoms with Gasteiger partial charge < -0.3 is 9.42 Å². The molecular formula is C17H21FN4O. The van der Waals surface area contributed by atoms with Crippen LogP contribution in [0.15, 0.2) is 22.9 Å². The lowest BCUT2D eigenvalue weighted by atomic mass is 10.0. The van der Waals surface area contributed by atoms with Crippen LogP contribution in [0.25, 0.3) is 0 Å². The SMILES string of the molecule is Cc1noc(C)c1CN1CC2CN(c3ncccc3F)CC2C1. The van der Waals surface area contributed by atoms with Crippen LogP contribution in [0.2, 0.25) is 0 Å². The molecule has 0 amide bonds. The quantitative estimate of drug-likeness (QED) is 0.870. The largest absolute Gasteiger partial charge is 0.361 e. The van der Waals surface area contributed by atoms with Crippen molar-refractivity contribution in [2.75, 3.05) is 31.1 Å². The van der Waals surface area contributed by atoms with E-state index in [9.17, 15) is 4.39 Å². The topological polar surface area (TPSA) is 45.4 Å². The first-order chi connectivity index (χ1) is 11.1. The van der Waals surface area contributed by atoms with Gasteiger partial charge in [0.15, 0.2) is 11.6 Å². The van der Waals surface area contributed by atoms with Crippen molar-refractivity contribution in [3.8, 4) is 0 Å². The molecule has 6 heteroatoms.